The minimum absolute atomic E-state index is 0.156. The molecular weight excluding hydrogens is 524 g/mol. The molecule has 1 heterocycles. The van der Waals surface area contributed by atoms with Crippen LogP contribution in [0.5, 0.6) is 0 Å². The van der Waals surface area contributed by atoms with Crippen LogP contribution in [0.3, 0.4) is 0 Å². The Morgan fingerprint density at radius 2 is 1.86 bits per heavy atom. The third kappa shape index (κ3) is 8.14. The second kappa shape index (κ2) is 11.4. The molecule has 37 heavy (non-hydrogen) atoms. The fourth-order valence-electron chi connectivity index (χ4n) is 3.86. The van der Waals surface area contributed by atoms with Gasteiger partial charge < -0.3 is 21.3 Å². The zero-order chi connectivity index (χ0) is 27.5. The van der Waals surface area contributed by atoms with Gasteiger partial charge in [-0.1, -0.05) is 11.6 Å². The van der Waals surface area contributed by atoms with Crippen molar-refractivity contribution in [2.45, 2.75) is 69.8 Å². The number of rotatable bonds is 10. The number of amides is 4. The zero-order valence-corrected chi connectivity index (χ0v) is 20.4. The van der Waals surface area contributed by atoms with Gasteiger partial charge in [-0.05, 0) is 44.7 Å². The lowest BCUT2D eigenvalue weighted by Gasteiger charge is -2.21. The van der Waals surface area contributed by atoms with E-state index >= 15 is 0 Å². The normalized spacial score (nSPS) is 20.1. The van der Waals surface area contributed by atoms with Crippen LogP contribution >= 0.6 is 11.6 Å². The average molecular weight is 549 g/mol. The number of carbonyl (C=O) groups excluding carboxylic acids is 5. The number of alkyl halides is 3. The van der Waals surface area contributed by atoms with Crippen molar-refractivity contribution >= 4 is 46.7 Å². The second-order valence-corrected chi connectivity index (χ2v) is 9.60. The Morgan fingerprint density at radius 3 is 2.43 bits per heavy atom. The van der Waals surface area contributed by atoms with E-state index in [0.717, 1.165) is 6.07 Å². The number of anilines is 1. The maximum absolute atomic E-state index is 14.1. The van der Waals surface area contributed by atoms with Crippen molar-refractivity contribution in [3.63, 3.8) is 0 Å². The molecule has 1 aliphatic heterocycles. The summed E-state index contributed by atoms with van der Waals surface area (Å²) in [5.41, 5.74) is -0.927. The van der Waals surface area contributed by atoms with Gasteiger partial charge in [0.25, 0.3) is 11.8 Å². The number of hydrogen-bond acceptors (Lipinski definition) is 5. The molecule has 3 rings (SSSR count). The van der Waals surface area contributed by atoms with Gasteiger partial charge in [0.2, 0.25) is 17.6 Å². The van der Waals surface area contributed by atoms with Gasteiger partial charge in [0.15, 0.2) is 0 Å². The summed E-state index contributed by atoms with van der Waals surface area (Å²) in [7, 11) is 0. The van der Waals surface area contributed by atoms with Crippen LogP contribution in [-0.2, 0) is 19.2 Å². The molecule has 0 unspecified atom stereocenters. The Kier molecular flexibility index (Phi) is 8.77. The van der Waals surface area contributed by atoms with Crippen LogP contribution in [-0.4, -0.2) is 53.7 Å². The Hall–Kier alpha value is -3.22. The fourth-order valence-corrected chi connectivity index (χ4v) is 4.02. The lowest BCUT2D eigenvalue weighted by Crippen LogP contribution is -2.49. The molecule has 0 bridgehead atoms. The van der Waals surface area contributed by atoms with Crippen molar-refractivity contribution in [3.05, 3.63) is 28.5 Å². The molecule has 2 aliphatic rings. The molecule has 202 valence electrons. The first-order valence-corrected chi connectivity index (χ1v) is 11.9. The van der Waals surface area contributed by atoms with Gasteiger partial charge in [0.05, 0.1) is 28.7 Å². The summed E-state index contributed by atoms with van der Waals surface area (Å²) in [6.07, 6.45) is -5.49. The summed E-state index contributed by atoms with van der Waals surface area (Å²) in [6, 6.07) is -0.298. The number of carbonyl (C=O) groups is 5. The first-order valence-electron chi connectivity index (χ1n) is 11.5. The van der Waals surface area contributed by atoms with E-state index in [-0.39, 0.29) is 24.4 Å². The summed E-state index contributed by atoms with van der Waals surface area (Å²) in [5, 5.41) is 9.06. The van der Waals surface area contributed by atoms with Crippen LogP contribution in [0.1, 0.15) is 55.8 Å². The molecule has 1 saturated heterocycles. The summed E-state index contributed by atoms with van der Waals surface area (Å²) in [5.74, 6) is -6.25. The number of hydrogen-bond donors (Lipinski definition) is 4. The van der Waals surface area contributed by atoms with Gasteiger partial charge in [-0.3, -0.25) is 24.0 Å². The number of ketones is 1. The lowest BCUT2D eigenvalue weighted by atomic mass is 9.93. The largest absolute Gasteiger partial charge is 0.389 e. The Labute approximate surface area is 214 Å². The number of nitrogens with one attached hydrogen (secondary N) is 4. The van der Waals surface area contributed by atoms with Crippen LogP contribution in [0.4, 0.5) is 23.2 Å². The summed E-state index contributed by atoms with van der Waals surface area (Å²) in [6.45, 7) is 1.75. The van der Waals surface area contributed by atoms with E-state index in [9.17, 15) is 41.5 Å². The molecule has 9 nitrogen and oxygen atoms in total. The van der Waals surface area contributed by atoms with Gasteiger partial charge in [-0.15, -0.1) is 0 Å². The first-order chi connectivity index (χ1) is 17.2. The van der Waals surface area contributed by atoms with E-state index < -0.39 is 76.6 Å². The van der Waals surface area contributed by atoms with Crippen molar-refractivity contribution < 1.29 is 41.5 Å². The molecule has 4 amide bonds. The van der Waals surface area contributed by atoms with E-state index in [1.165, 1.54) is 0 Å². The number of benzene rings is 1. The highest BCUT2D eigenvalue weighted by Crippen LogP contribution is 2.27. The molecule has 3 atom stereocenters. The Bertz CT molecular complexity index is 1110. The van der Waals surface area contributed by atoms with Crippen molar-refractivity contribution in [1.29, 1.82) is 0 Å². The molecule has 0 radical (unpaired) electrons. The summed E-state index contributed by atoms with van der Waals surface area (Å²) >= 11 is 5.77. The van der Waals surface area contributed by atoms with Crippen molar-refractivity contribution in [2.75, 3.05) is 5.32 Å². The van der Waals surface area contributed by atoms with Crippen LogP contribution in [0.15, 0.2) is 12.1 Å². The molecule has 4 N–H and O–H groups in total. The van der Waals surface area contributed by atoms with Crippen LogP contribution < -0.4 is 21.3 Å². The predicted octanol–water partition coefficient (Wildman–Crippen LogP) is 2.62. The molecule has 1 saturated carbocycles. The van der Waals surface area contributed by atoms with Crippen molar-refractivity contribution in [3.8, 4) is 0 Å². The van der Waals surface area contributed by atoms with E-state index in [4.69, 9.17) is 11.6 Å². The SMILES string of the molecule is C[C@@H]1C[C@@H](C[C@H](NC(=O)c2cc(Cl)c(F)cc2NC(=O)CCC(F)(F)F)C(=O)C(=O)NC2CC2)C(=O)N1. The standard InChI is InChI=1S/C23H25ClF4N4O5/c1-10-6-11(20(35)29-10)7-17(19(34)22(37)30-12-2-3-12)32-21(36)13-8-14(24)15(25)9-16(13)31-18(33)4-5-23(26,27)28/h8-12,17H,2-7H2,1H3,(H,29,35)(H,30,37)(H,31,33)(H,32,36)/t10-,11+,17+/m1/s1. The van der Waals surface area contributed by atoms with Crippen molar-refractivity contribution in [1.82, 2.24) is 16.0 Å². The van der Waals surface area contributed by atoms with Gasteiger partial charge in [0, 0.05) is 24.4 Å². The minimum Gasteiger partial charge on any atom is -0.353 e. The van der Waals surface area contributed by atoms with E-state index in [2.05, 4.69) is 21.3 Å². The summed E-state index contributed by atoms with van der Waals surface area (Å²) < 4.78 is 51.4. The third-order valence-electron chi connectivity index (χ3n) is 5.89. The molecule has 14 heteroatoms. The van der Waals surface area contributed by atoms with Gasteiger partial charge in [-0.2, -0.15) is 13.2 Å². The maximum atomic E-state index is 14.1. The summed E-state index contributed by atoms with van der Waals surface area (Å²) in [4.78, 5) is 62.6. The second-order valence-electron chi connectivity index (χ2n) is 9.19. The molecule has 1 aliphatic carbocycles. The van der Waals surface area contributed by atoms with Gasteiger partial charge in [-0.25, -0.2) is 4.39 Å². The maximum Gasteiger partial charge on any atom is 0.389 e. The Balaban J connectivity index is 1.82. The third-order valence-corrected chi connectivity index (χ3v) is 6.18. The number of halogens is 5. The fraction of sp³-hybridized carbons (Fsp3) is 0.522. The van der Waals surface area contributed by atoms with Crippen LogP contribution in [0.2, 0.25) is 5.02 Å². The lowest BCUT2D eigenvalue weighted by molar-refractivity contribution is -0.142. The predicted molar refractivity (Wildman–Crippen MR) is 123 cm³/mol. The highest BCUT2D eigenvalue weighted by atomic mass is 35.5. The quantitative estimate of drug-likeness (QED) is 0.263. The molecule has 0 aromatic heterocycles. The molecule has 1 aromatic rings. The van der Waals surface area contributed by atoms with Gasteiger partial charge >= 0.3 is 6.18 Å². The van der Waals surface area contributed by atoms with E-state index in [1.807, 2.05) is 0 Å². The highest BCUT2D eigenvalue weighted by Gasteiger charge is 2.38. The van der Waals surface area contributed by atoms with E-state index in [0.29, 0.717) is 25.3 Å². The van der Waals surface area contributed by atoms with Crippen LogP contribution in [0.25, 0.3) is 0 Å². The van der Waals surface area contributed by atoms with Crippen molar-refractivity contribution in [2.24, 2.45) is 5.92 Å². The molecular formula is C23H25ClF4N4O5. The zero-order valence-electron chi connectivity index (χ0n) is 19.6. The number of Topliss-reactive ketones (excluding diaryl/α,β-unsaturated/α-hetero) is 1. The highest BCUT2D eigenvalue weighted by molar-refractivity contribution is 6.38. The molecule has 2 fully saturated rings. The van der Waals surface area contributed by atoms with E-state index in [1.54, 1.807) is 6.92 Å². The monoisotopic (exact) mass is 548 g/mol. The molecule has 1 aromatic carbocycles. The molecule has 0 spiro atoms. The minimum atomic E-state index is -4.61. The average Bonchev–Trinajstić information content (AvgIpc) is 3.55. The smallest absolute Gasteiger partial charge is 0.353 e. The van der Waals surface area contributed by atoms with Gasteiger partial charge in [0.1, 0.15) is 5.82 Å². The Morgan fingerprint density at radius 1 is 1.19 bits per heavy atom. The topological polar surface area (TPSA) is 133 Å². The van der Waals surface area contributed by atoms with Crippen LogP contribution in [0, 0.1) is 11.7 Å². The first kappa shape index (κ1) is 28.4.